The van der Waals surface area contributed by atoms with E-state index in [1.165, 1.54) is 0 Å². The van der Waals surface area contributed by atoms with Crippen molar-refractivity contribution in [1.82, 2.24) is 0 Å². The molecule has 1 atom stereocenters. The van der Waals surface area contributed by atoms with Crippen LogP contribution in [-0.4, -0.2) is 30.1 Å². The third kappa shape index (κ3) is 4.10. The molecular weight excluding hydrogens is 344 g/mol. The molecule has 27 heavy (non-hydrogen) atoms. The number of nitro groups is 1. The van der Waals surface area contributed by atoms with E-state index in [4.69, 9.17) is 4.74 Å². The summed E-state index contributed by atoms with van der Waals surface area (Å²) in [6.07, 6.45) is 2.04. The van der Waals surface area contributed by atoms with E-state index in [9.17, 15) is 14.9 Å². The second-order valence-corrected chi connectivity index (χ2v) is 6.86. The number of carbonyl (C=O) groups is 1. The number of benzene rings is 2. The molecule has 6 nitrogen and oxygen atoms in total. The Balaban J connectivity index is 1.86. The van der Waals surface area contributed by atoms with Gasteiger partial charge in [-0.3, -0.25) is 10.1 Å². The molecular formula is C21H24N2O4. The average Bonchev–Trinajstić information content (AvgIpc) is 3.09. The number of anilines is 2. The van der Waals surface area contributed by atoms with Gasteiger partial charge in [0.05, 0.1) is 17.9 Å². The van der Waals surface area contributed by atoms with Crippen molar-refractivity contribution in [2.75, 3.05) is 18.1 Å². The third-order valence-electron chi connectivity index (χ3n) is 4.78. The molecule has 1 heterocycles. The molecule has 0 radical (unpaired) electrons. The standard InChI is InChI=1S/C21H24N2O4/c1-3-12-27-21(24)18-6-4-5-7-20(18)22-11-10-17-14-16(8-9-19(17)22)13-15(2)23(25)26/h4-9,14-15H,3,10-13H2,1-2H3. The smallest absolute Gasteiger partial charge is 0.340 e. The monoisotopic (exact) mass is 368 g/mol. The van der Waals surface area contributed by atoms with Crippen LogP contribution in [0.2, 0.25) is 0 Å². The van der Waals surface area contributed by atoms with Crippen LogP contribution in [0.3, 0.4) is 0 Å². The molecule has 0 fully saturated rings. The summed E-state index contributed by atoms with van der Waals surface area (Å²) < 4.78 is 5.32. The first kappa shape index (κ1) is 18.9. The van der Waals surface area contributed by atoms with Crippen LogP contribution in [0.4, 0.5) is 11.4 Å². The number of carbonyl (C=O) groups excluding carboxylic acids is 1. The molecule has 0 saturated carbocycles. The van der Waals surface area contributed by atoms with Gasteiger partial charge in [0.25, 0.3) is 0 Å². The number of para-hydroxylation sites is 1. The highest BCUT2D eigenvalue weighted by atomic mass is 16.6. The molecule has 0 aromatic heterocycles. The Morgan fingerprint density at radius 3 is 2.78 bits per heavy atom. The molecule has 0 spiro atoms. The van der Waals surface area contributed by atoms with Gasteiger partial charge in [-0.2, -0.15) is 0 Å². The zero-order valence-corrected chi connectivity index (χ0v) is 15.7. The third-order valence-corrected chi connectivity index (χ3v) is 4.78. The van der Waals surface area contributed by atoms with Gasteiger partial charge in [-0.1, -0.05) is 31.2 Å². The fourth-order valence-corrected chi connectivity index (χ4v) is 3.40. The summed E-state index contributed by atoms with van der Waals surface area (Å²) in [7, 11) is 0. The quantitative estimate of drug-likeness (QED) is 0.417. The van der Waals surface area contributed by atoms with Gasteiger partial charge in [-0.25, -0.2) is 4.79 Å². The van der Waals surface area contributed by atoms with E-state index in [0.29, 0.717) is 18.6 Å². The first-order chi connectivity index (χ1) is 13.0. The predicted molar refractivity (Wildman–Crippen MR) is 104 cm³/mol. The topological polar surface area (TPSA) is 72.7 Å². The molecule has 1 unspecified atom stereocenters. The van der Waals surface area contributed by atoms with Crippen LogP contribution in [0, 0.1) is 10.1 Å². The minimum atomic E-state index is -0.602. The molecule has 2 aromatic rings. The normalized spacial score (nSPS) is 13.9. The lowest BCUT2D eigenvalue weighted by Crippen LogP contribution is -2.18. The van der Waals surface area contributed by atoms with Crippen LogP contribution in [0.25, 0.3) is 0 Å². The summed E-state index contributed by atoms with van der Waals surface area (Å²) in [6.45, 7) is 4.76. The van der Waals surface area contributed by atoms with Crippen molar-refractivity contribution < 1.29 is 14.5 Å². The highest BCUT2D eigenvalue weighted by molar-refractivity contribution is 5.97. The highest BCUT2D eigenvalue weighted by Crippen LogP contribution is 2.37. The van der Waals surface area contributed by atoms with Crippen LogP contribution < -0.4 is 4.90 Å². The van der Waals surface area contributed by atoms with Gasteiger partial charge >= 0.3 is 5.97 Å². The lowest BCUT2D eigenvalue weighted by atomic mass is 10.0. The second-order valence-electron chi connectivity index (χ2n) is 6.86. The number of ether oxygens (including phenoxy) is 1. The van der Waals surface area contributed by atoms with E-state index in [1.807, 2.05) is 43.3 Å². The number of esters is 1. The molecule has 1 aliphatic rings. The molecule has 0 saturated heterocycles. The van der Waals surface area contributed by atoms with E-state index in [0.717, 1.165) is 41.9 Å². The maximum Gasteiger partial charge on any atom is 0.340 e. The summed E-state index contributed by atoms with van der Waals surface area (Å²) in [5, 5.41) is 10.9. The Bertz CT molecular complexity index is 850. The van der Waals surface area contributed by atoms with Crippen molar-refractivity contribution in [3.05, 3.63) is 69.3 Å². The van der Waals surface area contributed by atoms with E-state index < -0.39 is 6.04 Å². The van der Waals surface area contributed by atoms with Crippen LogP contribution in [0.1, 0.15) is 41.8 Å². The van der Waals surface area contributed by atoms with Crippen LogP contribution in [0.15, 0.2) is 42.5 Å². The second kappa shape index (κ2) is 8.20. The van der Waals surface area contributed by atoms with Crippen molar-refractivity contribution in [3.8, 4) is 0 Å². The number of nitrogens with zero attached hydrogens (tertiary/aromatic N) is 2. The van der Waals surface area contributed by atoms with Crippen molar-refractivity contribution >= 4 is 17.3 Å². The van der Waals surface area contributed by atoms with Crippen LogP contribution in [0.5, 0.6) is 0 Å². The number of rotatable bonds is 7. The van der Waals surface area contributed by atoms with E-state index in [-0.39, 0.29) is 10.9 Å². The lowest BCUT2D eigenvalue weighted by Gasteiger charge is -2.22. The van der Waals surface area contributed by atoms with E-state index >= 15 is 0 Å². The molecule has 0 amide bonds. The van der Waals surface area contributed by atoms with Crippen molar-refractivity contribution in [3.63, 3.8) is 0 Å². The maximum absolute atomic E-state index is 12.4. The van der Waals surface area contributed by atoms with Crippen molar-refractivity contribution in [1.29, 1.82) is 0 Å². The minimum Gasteiger partial charge on any atom is -0.462 e. The molecule has 2 aromatic carbocycles. The van der Waals surface area contributed by atoms with Gasteiger partial charge in [0.1, 0.15) is 0 Å². The van der Waals surface area contributed by atoms with Gasteiger partial charge in [-0.15, -0.1) is 0 Å². The van der Waals surface area contributed by atoms with E-state index in [1.54, 1.807) is 13.0 Å². The Hall–Kier alpha value is -2.89. The van der Waals surface area contributed by atoms with Crippen molar-refractivity contribution in [2.24, 2.45) is 0 Å². The lowest BCUT2D eigenvalue weighted by molar-refractivity contribution is -0.517. The molecule has 6 heteroatoms. The number of fused-ring (bicyclic) bond motifs is 1. The number of hydrogen-bond acceptors (Lipinski definition) is 5. The Labute approximate surface area is 158 Å². The van der Waals surface area contributed by atoms with Gasteiger partial charge in [-0.05, 0) is 42.2 Å². The maximum atomic E-state index is 12.4. The van der Waals surface area contributed by atoms with Crippen LogP contribution in [-0.2, 0) is 17.6 Å². The Morgan fingerprint density at radius 2 is 2.04 bits per heavy atom. The molecule has 1 aliphatic heterocycles. The fraction of sp³-hybridized carbons (Fsp3) is 0.381. The predicted octanol–water partition coefficient (Wildman–Crippen LogP) is 4.16. The van der Waals surface area contributed by atoms with Crippen LogP contribution >= 0.6 is 0 Å². The summed E-state index contributed by atoms with van der Waals surface area (Å²) in [5.74, 6) is -0.308. The molecule has 3 rings (SSSR count). The highest BCUT2D eigenvalue weighted by Gasteiger charge is 2.25. The molecule has 0 N–H and O–H groups in total. The number of hydrogen-bond donors (Lipinski definition) is 0. The molecule has 142 valence electrons. The van der Waals surface area contributed by atoms with Crippen molar-refractivity contribution in [2.45, 2.75) is 39.2 Å². The van der Waals surface area contributed by atoms with E-state index in [2.05, 4.69) is 4.90 Å². The fourth-order valence-electron chi connectivity index (χ4n) is 3.40. The zero-order valence-electron chi connectivity index (χ0n) is 15.7. The Morgan fingerprint density at radius 1 is 1.26 bits per heavy atom. The summed E-state index contributed by atoms with van der Waals surface area (Å²) in [4.78, 5) is 25.2. The minimum absolute atomic E-state index is 0.252. The molecule has 0 aliphatic carbocycles. The largest absolute Gasteiger partial charge is 0.462 e. The van der Waals surface area contributed by atoms with Gasteiger partial charge in [0.2, 0.25) is 6.04 Å². The SMILES string of the molecule is CCCOC(=O)c1ccccc1N1CCc2cc(CC(C)[N+](=O)[O-])ccc21. The summed E-state index contributed by atoms with van der Waals surface area (Å²) >= 11 is 0. The first-order valence-corrected chi connectivity index (χ1v) is 9.30. The zero-order chi connectivity index (χ0) is 19.4. The molecule has 0 bridgehead atoms. The van der Waals surface area contributed by atoms with Gasteiger partial charge in [0.15, 0.2) is 0 Å². The first-order valence-electron chi connectivity index (χ1n) is 9.30. The summed E-state index contributed by atoms with van der Waals surface area (Å²) in [5.41, 5.74) is 4.56. The summed E-state index contributed by atoms with van der Waals surface area (Å²) in [6, 6.07) is 12.9. The average molecular weight is 368 g/mol. The van der Waals surface area contributed by atoms with Gasteiger partial charge < -0.3 is 9.64 Å². The Kier molecular flexibility index (Phi) is 5.74. The van der Waals surface area contributed by atoms with Gasteiger partial charge in [0, 0.05) is 30.5 Å².